The summed E-state index contributed by atoms with van der Waals surface area (Å²) >= 11 is 0. The molecule has 0 bridgehead atoms. The average Bonchev–Trinajstić information content (AvgIpc) is 2.47. The van der Waals surface area contributed by atoms with Crippen molar-refractivity contribution in [1.82, 2.24) is 0 Å². The van der Waals surface area contributed by atoms with E-state index in [9.17, 15) is 4.79 Å². The van der Waals surface area contributed by atoms with E-state index in [0.29, 0.717) is 23.5 Å². The van der Waals surface area contributed by atoms with Gasteiger partial charge in [0.15, 0.2) is 0 Å². The van der Waals surface area contributed by atoms with Crippen LogP contribution in [0.3, 0.4) is 0 Å². The highest BCUT2D eigenvalue weighted by Gasteiger charge is 2.16. The van der Waals surface area contributed by atoms with E-state index in [0.717, 1.165) is 11.1 Å². The van der Waals surface area contributed by atoms with Gasteiger partial charge in [-0.2, -0.15) is 0 Å². The Hall–Kier alpha value is -2.49. The van der Waals surface area contributed by atoms with Gasteiger partial charge >= 0.3 is 6.16 Å². The van der Waals surface area contributed by atoms with E-state index >= 15 is 0 Å². The minimum atomic E-state index is -1.32. The van der Waals surface area contributed by atoms with Crippen molar-refractivity contribution in [2.75, 3.05) is 7.11 Å². The summed E-state index contributed by atoms with van der Waals surface area (Å²) in [6.45, 7) is 1.95. The zero-order valence-corrected chi connectivity index (χ0v) is 11.4. The molecule has 0 unspecified atom stereocenters. The molecule has 104 valence electrons. The smallest absolute Gasteiger partial charge is 0.496 e. The van der Waals surface area contributed by atoms with Gasteiger partial charge in [0.05, 0.1) is 7.11 Å². The molecule has 0 aliphatic heterocycles. The summed E-state index contributed by atoms with van der Waals surface area (Å²) in [5, 5.41) is 8.93. The number of hydrogen-bond donors (Lipinski definition) is 1. The fraction of sp³-hybridized carbons (Fsp3) is 0.188. The lowest BCUT2D eigenvalue weighted by Gasteiger charge is -2.14. The van der Waals surface area contributed by atoms with Crippen molar-refractivity contribution >= 4 is 6.16 Å². The third-order valence-corrected chi connectivity index (χ3v) is 3.06. The first kappa shape index (κ1) is 13.9. The van der Waals surface area contributed by atoms with Gasteiger partial charge < -0.3 is 14.6 Å². The van der Waals surface area contributed by atoms with Crippen LogP contribution in [0.1, 0.15) is 12.5 Å². The number of aryl methyl sites for hydroxylation is 1. The Bertz CT molecular complexity index is 620. The fourth-order valence-electron chi connectivity index (χ4n) is 2.15. The molecule has 4 nitrogen and oxygen atoms in total. The van der Waals surface area contributed by atoms with Crippen molar-refractivity contribution < 1.29 is 19.4 Å². The van der Waals surface area contributed by atoms with Crippen molar-refractivity contribution in [1.29, 1.82) is 0 Å². The average molecular weight is 272 g/mol. The summed E-state index contributed by atoms with van der Waals surface area (Å²) in [4.78, 5) is 10.9. The third-order valence-electron chi connectivity index (χ3n) is 3.06. The summed E-state index contributed by atoms with van der Waals surface area (Å²) in [6, 6.07) is 13.0. The fourth-order valence-corrected chi connectivity index (χ4v) is 2.15. The van der Waals surface area contributed by atoms with Crippen molar-refractivity contribution in [3.63, 3.8) is 0 Å². The molecule has 0 saturated heterocycles. The van der Waals surface area contributed by atoms with Crippen LogP contribution in [0.15, 0.2) is 42.5 Å². The van der Waals surface area contributed by atoms with Gasteiger partial charge in [0.1, 0.15) is 11.5 Å². The summed E-state index contributed by atoms with van der Waals surface area (Å²) < 4.78 is 10.3. The van der Waals surface area contributed by atoms with E-state index in [2.05, 4.69) is 0 Å². The highest BCUT2D eigenvalue weighted by atomic mass is 16.7. The predicted molar refractivity (Wildman–Crippen MR) is 76.5 cm³/mol. The van der Waals surface area contributed by atoms with Gasteiger partial charge in [-0.15, -0.1) is 0 Å². The number of benzene rings is 2. The Kier molecular flexibility index (Phi) is 4.25. The van der Waals surface area contributed by atoms with E-state index in [1.165, 1.54) is 0 Å². The summed E-state index contributed by atoms with van der Waals surface area (Å²) in [6.07, 6.45) is -0.631. The molecule has 2 rings (SSSR count). The number of ether oxygens (including phenoxy) is 2. The lowest BCUT2D eigenvalue weighted by molar-refractivity contribution is 0.144. The normalized spacial score (nSPS) is 10.1. The van der Waals surface area contributed by atoms with E-state index < -0.39 is 6.16 Å². The number of carboxylic acid groups (broad SMARTS) is 1. The van der Waals surface area contributed by atoms with E-state index in [4.69, 9.17) is 14.6 Å². The van der Waals surface area contributed by atoms with Crippen LogP contribution in [0.4, 0.5) is 4.79 Å². The molecule has 0 amide bonds. The highest BCUT2D eigenvalue weighted by Crippen LogP contribution is 2.38. The van der Waals surface area contributed by atoms with Crippen molar-refractivity contribution in [2.45, 2.75) is 13.3 Å². The number of hydrogen-bond acceptors (Lipinski definition) is 3. The highest BCUT2D eigenvalue weighted by molar-refractivity contribution is 5.79. The molecule has 20 heavy (non-hydrogen) atoms. The van der Waals surface area contributed by atoms with Crippen molar-refractivity contribution in [3.05, 3.63) is 48.0 Å². The van der Waals surface area contributed by atoms with Gasteiger partial charge in [-0.05, 0) is 18.1 Å². The molecule has 0 saturated carbocycles. The quantitative estimate of drug-likeness (QED) is 0.675. The number of rotatable bonds is 4. The van der Waals surface area contributed by atoms with E-state index in [1.54, 1.807) is 7.11 Å². The van der Waals surface area contributed by atoms with Gasteiger partial charge in [-0.25, -0.2) is 4.79 Å². The molecule has 0 aliphatic carbocycles. The van der Waals surface area contributed by atoms with E-state index in [-0.39, 0.29) is 0 Å². The van der Waals surface area contributed by atoms with Gasteiger partial charge in [0, 0.05) is 11.1 Å². The Morgan fingerprint density at radius 3 is 2.45 bits per heavy atom. The molecular formula is C16H16O4. The van der Waals surface area contributed by atoms with Crippen molar-refractivity contribution in [2.24, 2.45) is 0 Å². The number of carbonyl (C=O) groups is 1. The van der Waals surface area contributed by atoms with Crippen LogP contribution >= 0.6 is 0 Å². The molecule has 2 aromatic carbocycles. The van der Waals surface area contributed by atoms with E-state index in [1.807, 2.05) is 49.4 Å². The van der Waals surface area contributed by atoms with Crippen LogP contribution in [0.2, 0.25) is 0 Å². The topological polar surface area (TPSA) is 55.8 Å². The Labute approximate surface area is 117 Å². The predicted octanol–water partition coefficient (Wildman–Crippen LogP) is 3.98. The van der Waals surface area contributed by atoms with Gasteiger partial charge in [-0.1, -0.05) is 43.3 Å². The SMILES string of the molecule is CCc1cccc(-c2ccccc2OC)c1OC(=O)O. The molecule has 0 fully saturated rings. The molecule has 0 aliphatic rings. The third kappa shape index (κ3) is 2.74. The monoisotopic (exact) mass is 272 g/mol. The molecular weight excluding hydrogens is 256 g/mol. The first-order chi connectivity index (χ1) is 9.67. The second-order valence-electron chi connectivity index (χ2n) is 4.22. The van der Waals surface area contributed by atoms with Crippen molar-refractivity contribution in [3.8, 4) is 22.6 Å². The minimum absolute atomic E-state index is 0.368. The van der Waals surface area contributed by atoms with Crippen LogP contribution in [0.25, 0.3) is 11.1 Å². The van der Waals surface area contributed by atoms with Crippen LogP contribution in [-0.2, 0) is 6.42 Å². The first-order valence-corrected chi connectivity index (χ1v) is 6.33. The molecule has 0 aromatic heterocycles. The zero-order chi connectivity index (χ0) is 14.5. The van der Waals surface area contributed by atoms with Gasteiger partial charge in [0.25, 0.3) is 0 Å². The first-order valence-electron chi connectivity index (χ1n) is 6.33. The maximum Gasteiger partial charge on any atom is 0.511 e. The maximum absolute atomic E-state index is 10.9. The van der Waals surface area contributed by atoms with Crippen LogP contribution in [-0.4, -0.2) is 18.4 Å². The molecule has 0 heterocycles. The Morgan fingerprint density at radius 1 is 1.10 bits per heavy atom. The number of methoxy groups -OCH3 is 1. The van der Waals surface area contributed by atoms with Crippen LogP contribution in [0.5, 0.6) is 11.5 Å². The molecule has 1 N–H and O–H groups in total. The second-order valence-corrected chi connectivity index (χ2v) is 4.22. The summed E-state index contributed by atoms with van der Waals surface area (Å²) in [5.41, 5.74) is 2.36. The maximum atomic E-state index is 10.9. The molecule has 2 aromatic rings. The summed E-state index contributed by atoms with van der Waals surface area (Å²) in [5.74, 6) is 1.04. The Morgan fingerprint density at radius 2 is 1.80 bits per heavy atom. The Balaban J connectivity index is 2.63. The van der Waals surface area contributed by atoms with Gasteiger partial charge in [0.2, 0.25) is 0 Å². The number of para-hydroxylation sites is 2. The molecule has 0 spiro atoms. The molecule has 0 radical (unpaired) electrons. The van der Waals surface area contributed by atoms with Crippen LogP contribution < -0.4 is 9.47 Å². The van der Waals surface area contributed by atoms with Gasteiger partial charge in [-0.3, -0.25) is 0 Å². The van der Waals surface area contributed by atoms with Crippen LogP contribution in [0, 0.1) is 0 Å². The molecule has 0 atom stereocenters. The second kappa shape index (κ2) is 6.10. The summed E-state index contributed by atoms with van der Waals surface area (Å²) in [7, 11) is 1.58. The molecule has 4 heteroatoms. The lowest BCUT2D eigenvalue weighted by atomic mass is 9.99. The zero-order valence-electron chi connectivity index (χ0n) is 11.4. The largest absolute Gasteiger partial charge is 0.511 e. The standard InChI is InChI=1S/C16H16O4/c1-3-11-7-6-9-13(15(11)20-16(17)18)12-8-4-5-10-14(12)19-2/h4-10H,3H2,1-2H3,(H,17,18). The minimum Gasteiger partial charge on any atom is -0.496 e. The lowest BCUT2D eigenvalue weighted by Crippen LogP contribution is -2.06.